The molecule has 0 saturated heterocycles. The molecule has 0 aliphatic carbocycles. The lowest BCUT2D eigenvalue weighted by Crippen LogP contribution is -2.40. The third-order valence-electron chi connectivity index (χ3n) is 5.89. The van der Waals surface area contributed by atoms with Crippen LogP contribution in [0.15, 0.2) is 63.5 Å². The second-order valence-electron chi connectivity index (χ2n) is 8.02. The van der Waals surface area contributed by atoms with Crippen molar-refractivity contribution in [1.82, 2.24) is 4.57 Å². The lowest BCUT2D eigenvalue weighted by Gasteiger charge is -2.24. The van der Waals surface area contributed by atoms with Crippen molar-refractivity contribution in [2.24, 2.45) is 4.99 Å². The molecule has 0 N–H and O–H groups in total. The van der Waals surface area contributed by atoms with Crippen LogP contribution in [0.5, 0.6) is 11.5 Å². The smallest absolute Gasteiger partial charge is 0.338 e. The van der Waals surface area contributed by atoms with Crippen LogP contribution in [-0.2, 0) is 14.3 Å². The third-order valence-corrected chi connectivity index (χ3v) is 6.87. The summed E-state index contributed by atoms with van der Waals surface area (Å²) < 4.78 is 22.7. The van der Waals surface area contributed by atoms with Gasteiger partial charge in [0.15, 0.2) is 4.80 Å². The topological polar surface area (TPSA) is 105 Å². The van der Waals surface area contributed by atoms with E-state index in [0.29, 0.717) is 43.2 Å². The minimum Gasteiger partial charge on any atom is -0.497 e. The number of hydrogen-bond donors (Lipinski definition) is 0. The van der Waals surface area contributed by atoms with E-state index in [1.165, 1.54) is 23.0 Å². The van der Waals surface area contributed by atoms with Gasteiger partial charge in [-0.1, -0.05) is 23.5 Å². The molecule has 2 aromatic carbocycles. The molecule has 0 radical (unpaired) electrons. The van der Waals surface area contributed by atoms with Gasteiger partial charge in [0.25, 0.3) is 5.56 Å². The Kier molecular flexibility index (Phi) is 7.58. The van der Waals surface area contributed by atoms with Crippen LogP contribution >= 0.6 is 11.3 Å². The Morgan fingerprint density at radius 3 is 2.41 bits per heavy atom. The summed E-state index contributed by atoms with van der Waals surface area (Å²) in [7, 11) is 4.41. The van der Waals surface area contributed by atoms with Crippen molar-refractivity contribution in [3.63, 3.8) is 0 Å². The van der Waals surface area contributed by atoms with Gasteiger partial charge in [-0.15, -0.1) is 0 Å². The molecule has 0 spiro atoms. The predicted molar refractivity (Wildman–Crippen MR) is 138 cm³/mol. The van der Waals surface area contributed by atoms with Gasteiger partial charge in [0.05, 0.1) is 55.3 Å². The van der Waals surface area contributed by atoms with Gasteiger partial charge in [-0.2, -0.15) is 0 Å². The highest BCUT2D eigenvalue weighted by Gasteiger charge is 2.33. The van der Waals surface area contributed by atoms with E-state index in [9.17, 15) is 14.4 Å². The summed E-state index contributed by atoms with van der Waals surface area (Å²) in [6.07, 6.45) is 1.73. The highest BCUT2D eigenvalue weighted by molar-refractivity contribution is 7.07. The van der Waals surface area contributed by atoms with Crippen LogP contribution in [-0.4, -0.2) is 44.4 Å². The molecule has 1 aromatic heterocycles. The number of esters is 2. The first-order valence-corrected chi connectivity index (χ1v) is 12.2. The highest BCUT2D eigenvalue weighted by atomic mass is 32.1. The molecule has 0 amide bonds. The molecule has 9 nitrogen and oxygen atoms in total. The Bertz CT molecular complexity index is 1570. The molecule has 3 aromatic rings. The number of ether oxygens (including phenoxy) is 4. The van der Waals surface area contributed by atoms with Crippen LogP contribution in [0.1, 0.15) is 41.4 Å². The lowest BCUT2D eigenvalue weighted by molar-refractivity contribution is -0.139. The molecule has 1 aliphatic rings. The van der Waals surface area contributed by atoms with Gasteiger partial charge < -0.3 is 18.9 Å². The average Bonchev–Trinajstić information content (AvgIpc) is 3.21. The fourth-order valence-corrected chi connectivity index (χ4v) is 5.14. The molecular formula is C27H26N2O7S. The Labute approximate surface area is 216 Å². The quantitative estimate of drug-likeness (QED) is 0.439. The van der Waals surface area contributed by atoms with Crippen molar-refractivity contribution in [3.8, 4) is 11.5 Å². The summed E-state index contributed by atoms with van der Waals surface area (Å²) in [4.78, 5) is 43.7. The van der Waals surface area contributed by atoms with Crippen LogP contribution in [0.25, 0.3) is 6.08 Å². The number of fused-ring (bicyclic) bond motifs is 1. The molecule has 4 rings (SSSR count). The van der Waals surface area contributed by atoms with Crippen molar-refractivity contribution in [1.29, 1.82) is 0 Å². The molecule has 0 fully saturated rings. The lowest BCUT2D eigenvalue weighted by atomic mass is 9.95. The third kappa shape index (κ3) is 4.92. The number of nitrogens with zero attached hydrogens (tertiary/aromatic N) is 2. The van der Waals surface area contributed by atoms with Gasteiger partial charge in [-0.3, -0.25) is 9.36 Å². The monoisotopic (exact) mass is 522 g/mol. The Balaban J connectivity index is 1.92. The van der Waals surface area contributed by atoms with E-state index in [2.05, 4.69) is 4.99 Å². The Hall–Kier alpha value is -4.18. The fourth-order valence-electron chi connectivity index (χ4n) is 4.11. The summed E-state index contributed by atoms with van der Waals surface area (Å²) in [5.41, 5.74) is 2.05. The van der Waals surface area contributed by atoms with Crippen LogP contribution in [0.4, 0.5) is 0 Å². The van der Waals surface area contributed by atoms with E-state index in [4.69, 9.17) is 18.9 Å². The summed E-state index contributed by atoms with van der Waals surface area (Å²) in [6.45, 7) is 3.60. The van der Waals surface area contributed by atoms with Crippen LogP contribution in [0.3, 0.4) is 0 Å². The molecule has 1 unspecified atom stereocenters. The highest BCUT2D eigenvalue weighted by Crippen LogP contribution is 2.31. The number of rotatable bonds is 7. The molecule has 37 heavy (non-hydrogen) atoms. The zero-order valence-electron chi connectivity index (χ0n) is 21.1. The minimum atomic E-state index is -0.790. The maximum Gasteiger partial charge on any atom is 0.338 e. The van der Waals surface area contributed by atoms with E-state index >= 15 is 0 Å². The van der Waals surface area contributed by atoms with Gasteiger partial charge in [0.1, 0.15) is 11.5 Å². The Morgan fingerprint density at radius 2 is 1.78 bits per heavy atom. The standard InChI is InChI=1S/C27H26N2O7S/c1-6-36-26(32)22-15(2)28-27-29(23(22)16-7-9-17(10-8-16)25(31)35-5)24(30)21(37-27)13-18-11-12-19(33-3)14-20(18)34-4/h7-14,23H,6H2,1-5H3. The maximum atomic E-state index is 13.7. The molecule has 1 aliphatic heterocycles. The number of hydrogen-bond acceptors (Lipinski definition) is 9. The van der Waals surface area contributed by atoms with Gasteiger partial charge >= 0.3 is 11.9 Å². The first kappa shape index (κ1) is 25.9. The number of aromatic nitrogens is 1. The van der Waals surface area contributed by atoms with E-state index < -0.39 is 18.0 Å². The van der Waals surface area contributed by atoms with Crippen molar-refractivity contribution in [2.45, 2.75) is 19.9 Å². The van der Waals surface area contributed by atoms with Gasteiger partial charge in [0, 0.05) is 11.6 Å². The molecule has 2 heterocycles. The van der Waals surface area contributed by atoms with E-state index in [-0.39, 0.29) is 17.7 Å². The first-order valence-electron chi connectivity index (χ1n) is 11.4. The van der Waals surface area contributed by atoms with Gasteiger partial charge in [-0.05, 0) is 49.8 Å². The largest absolute Gasteiger partial charge is 0.497 e. The zero-order valence-corrected chi connectivity index (χ0v) is 21.9. The van der Waals surface area contributed by atoms with Crippen LogP contribution in [0, 0.1) is 0 Å². The molecular weight excluding hydrogens is 496 g/mol. The molecule has 0 bridgehead atoms. The van der Waals surface area contributed by atoms with Crippen LogP contribution < -0.4 is 24.4 Å². The summed E-state index contributed by atoms with van der Waals surface area (Å²) in [5, 5.41) is 0. The Morgan fingerprint density at radius 1 is 1.05 bits per heavy atom. The molecule has 1 atom stereocenters. The average molecular weight is 523 g/mol. The van der Waals surface area contributed by atoms with E-state index in [1.807, 2.05) is 0 Å². The second-order valence-corrected chi connectivity index (χ2v) is 9.03. The number of benzene rings is 2. The van der Waals surface area contributed by atoms with Gasteiger partial charge in [-0.25, -0.2) is 14.6 Å². The molecule has 192 valence electrons. The number of carbonyl (C=O) groups excluding carboxylic acids is 2. The van der Waals surface area contributed by atoms with Gasteiger partial charge in [0.2, 0.25) is 0 Å². The fraction of sp³-hybridized carbons (Fsp3) is 0.259. The maximum absolute atomic E-state index is 13.7. The summed E-state index contributed by atoms with van der Waals surface area (Å²) >= 11 is 1.21. The predicted octanol–water partition coefficient (Wildman–Crippen LogP) is 2.60. The SMILES string of the molecule is CCOC(=O)C1=C(C)N=c2sc(=Cc3ccc(OC)cc3OC)c(=O)n2C1c1ccc(C(=O)OC)cc1. The van der Waals surface area contributed by atoms with E-state index in [0.717, 1.165) is 0 Å². The molecule has 10 heteroatoms. The summed E-state index contributed by atoms with van der Waals surface area (Å²) in [6, 6.07) is 11.1. The number of thiazole rings is 1. The second kappa shape index (κ2) is 10.8. The summed E-state index contributed by atoms with van der Waals surface area (Å²) in [5.74, 6) is 0.127. The zero-order chi connectivity index (χ0) is 26.7. The number of methoxy groups -OCH3 is 3. The first-order chi connectivity index (χ1) is 17.8. The molecule has 0 saturated carbocycles. The van der Waals surface area contributed by atoms with Crippen LogP contribution in [0.2, 0.25) is 0 Å². The normalized spacial score (nSPS) is 15.1. The van der Waals surface area contributed by atoms with E-state index in [1.54, 1.807) is 76.6 Å². The van der Waals surface area contributed by atoms with Crippen molar-refractivity contribution in [3.05, 3.63) is 90.1 Å². The van der Waals surface area contributed by atoms with Crippen molar-refractivity contribution < 1.29 is 28.5 Å². The minimum absolute atomic E-state index is 0.172. The van der Waals surface area contributed by atoms with Crippen molar-refractivity contribution >= 4 is 29.4 Å². The van der Waals surface area contributed by atoms with Crippen molar-refractivity contribution in [2.75, 3.05) is 27.9 Å². The number of carbonyl (C=O) groups is 2. The number of allylic oxidation sites excluding steroid dienone is 1.